The second-order valence-corrected chi connectivity index (χ2v) is 8.34. The van der Waals surface area contributed by atoms with E-state index in [4.69, 9.17) is 0 Å². The lowest BCUT2D eigenvalue weighted by Crippen LogP contribution is -2.39. The molecule has 0 aliphatic carbocycles. The van der Waals surface area contributed by atoms with Crippen LogP contribution in [-0.2, 0) is 13.0 Å². The van der Waals surface area contributed by atoms with Crippen LogP contribution >= 0.6 is 0 Å². The van der Waals surface area contributed by atoms with E-state index in [1.165, 1.54) is 0 Å². The molecule has 0 radical (unpaired) electrons. The molecule has 160 valence electrons. The van der Waals surface area contributed by atoms with Crippen molar-refractivity contribution < 1.29 is 4.79 Å². The average molecular weight is 416 g/mol. The molecule has 3 heterocycles. The fourth-order valence-electron chi connectivity index (χ4n) is 4.36. The zero-order valence-electron chi connectivity index (χ0n) is 18.3. The monoisotopic (exact) mass is 415 g/mol. The van der Waals surface area contributed by atoms with Crippen LogP contribution < -0.4 is 5.43 Å². The number of nitrogens with zero attached hydrogens (tertiary/aromatic N) is 3. The summed E-state index contributed by atoms with van der Waals surface area (Å²) in [5, 5.41) is 0. The number of likely N-dealkylation sites (tertiary alicyclic amines) is 1. The number of aryl methyl sites for hydroxylation is 2. The summed E-state index contributed by atoms with van der Waals surface area (Å²) in [5.74, 6) is -0.136. The SMILES string of the molecule is Cc1ccccc1Cc1c(C(=O)N2CCCCC2)c(=O)cc(C)n1Cc1ccccn1. The second kappa shape index (κ2) is 9.29. The molecule has 0 bridgehead atoms. The van der Waals surface area contributed by atoms with Crippen molar-refractivity contribution in [2.24, 2.45) is 0 Å². The van der Waals surface area contributed by atoms with Crippen LogP contribution in [0.1, 0.15) is 57.8 Å². The summed E-state index contributed by atoms with van der Waals surface area (Å²) in [7, 11) is 0. The molecule has 3 aromatic rings. The van der Waals surface area contributed by atoms with Crippen molar-refractivity contribution in [3.05, 3.63) is 98.7 Å². The first-order valence-electron chi connectivity index (χ1n) is 11.0. The largest absolute Gasteiger partial charge is 0.342 e. The van der Waals surface area contributed by atoms with Gasteiger partial charge in [-0.2, -0.15) is 0 Å². The molecule has 31 heavy (non-hydrogen) atoms. The zero-order valence-corrected chi connectivity index (χ0v) is 18.3. The Bertz CT molecular complexity index is 1130. The third-order valence-corrected chi connectivity index (χ3v) is 6.15. The van der Waals surface area contributed by atoms with Crippen molar-refractivity contribution in [3.63, 3.8) is 0 Å². The van der Waals surface area contributed by atoms with E-state index >= 15 is 0 Å². The van der Waals surface area contributed by atoms with E-state index in [9.17, 15) is 9.59 Å². The molecule has 0 saturated carbocycles. The predicted molar refractivity (Wildman–Crippen MR) is 123 cm³/mol. The summed E-state index contributed by atoms with van der Waals surface area (Å²) in [6, 6.07) is 15.6. The number of piperidine rings is 1. The molecular formula is C26H29N3O2. The number of hydrogen-bond acceptors (Lipinski definition) is 3. The van der Waals surface area contributed by atoms with E-state index < -0.39 is 0 Å². The minimum atomic E-state index is -0.186. The maximum atomic E-state index is 13.5. The highest BCUT2D eigenvalue weighted by Crippen LogP contribution is 2.21. The molecule has 4 rings (SSSR count). The molecule has 5 heteroatoms. The lowest BCUT2D eigenvalue weighted by molar-refractivity contribution is 0.0721. The molecule has 1 aromatic carbocycles. The van der Waals surface area contributed by atoms with Gasteiger partial charge < -0.3 is 9.47 Å². The standard InChI is InChI=1S/C26H29N3O2/c1-19-10-4-5-11-21(19)17-23-25(26(31)28-14-8-3-9-15-28)24(30)16-20(2)29(23)18-22-12-6-7-13-27-22/h4-7,10-13,16H,3,8-9,14-15,17-18H2,1-2H3. The van der Waals surface area contributed by atoms with E-state index in [1.54, 1.807) is 12.3 Å². The van der Waals surface area contributed by atoms with Crippen molar-refractivity contribution in [1.29, 1.82) is 0 Å². The first-order chi connectivity index (χ1) is 15.0. The Labute approximate surface area is 183 Å². The predicted octanol–water partition coefficient (Wildman–Crippen LogP) is 4.13. The minimum absolute atomic E-state index is 0.136. The van der Waals surface area contributed by atoms with E-state index in [0.717, 1.165) is 60.6 Å². The first-order valence-corrected chi connectivity index (χ1v) is 11.0. The third kappa shape index (κ3) is 4.61. The zero-order chi connectivity index (χ0) is 21.8. The number of hydrogen-bond donors (Lipinski definition) is 0. The van der Waals surface area contributed by atoms with Gasteiger partial charge in [-0.1, -0.05) is 30.3 Å². The molecule has 0 atom stereocenters. The molecule has 1 aliphatic heterocycles. The maximum absolute atomic E-state index is 13.5. The third-order valence-electron chi connectivity index (χ3n) is 6.15. The molecule has 0 unspecified atom stereocenters. The number of amides is 1. The van der Waals surface area contributed by atoms with E-state index in [1.807, 2.05) is 42.2 Å². The van der Waals surface area contributed by atoms with Gasteiger partial charge in [0.1, 0.15) is 5.56 Å². The molecule has 2 aromatic heterocycles. The van der Waals surface area contributed by atoms with Gasteiger partial charge in [0, 0.05) is 43.2 Å². The number of carbonyl (C=O) groups excluding carboxylic acids is 1. The normalized spacial score (nSPS) is 13.9. The Morgan fingerprint density at radius 3 is 2.45 bits per heavy atom. The van der Waals surface area contributed by atoms with Gasteiger partial charge in [-0.05, 0) is 56.4 Å². The fourth-order valence-corrected chi connectivity index (χ4v) is 4.36. The summed E-state index contributed by atoms with van der Waals surface area (Å²) in [6.07, 6.45) is 5.43. The lowest BCUT2D eigenvalue weighted by atomic mass is 9.98. The summed E-state index contributed by atoms with van der Waals surface area (Å²) in [4.78, 5) is 33.0. The van der Waals surface area contributed by atoms with Gasteiger partial charge in [0.25, 0.3) is 5.91 Å². The minimum Gasteiger partial charge on any atom is -0.342 e. The van der Waals surface area contributed by atoms with Gasteiger partial charge in [-0.25, -0.2) is 0 Å². The molecule has 1 fully saturated rings. The van der Waals surface area contributed by atoms with Crippen LogP contribution in [0.15, 0.2) is 59.5 Å². The van der Waals surface area contributed by atoms with Gasteiger partial charge in [-0.3, -0.25) is 14.6 Å². The number of rotatable bonds is 5. The molecular weight excluding hydrogens is 386 g/mol. The van der Waals surface area contributed by atoms with Gasteiger partial charge in [0.15, 0.2) is 5.43 Å². The maximum Gasteiger partial charge on any atom is 0.259 e. The first kappa shape index (κ1) is 21.0. The van der Waals surface area contributed by atoms with E-state index in [2.05, 4.69) is 28.6 Å². The number of pyridine rings is 2. The molecule has 0 N–H and O–H groups in total. The topological polar surface area (TPSA) is 55.2 Å². The highest BCUT2D eigenvalue weighted by atomic mass is 16.2. The van der Waals surface area contributed by atoms with Crippen LogP contribution in [-0.4, -0.2) is 33.4 Å². The Morgan fingerprint density at radius 1 is 1.00 bits per heavy atom. The molecule has 1 saturated heterocycles. The Balaban J connectivity index is 1.86. The molecule has 5 nitrogen and oxygen atoms in total. The summed E-state index contributed by atoms with van der Waals surface area (Å²) < 4.78 is 2.09. The number of benzene rings is 1. The molecule has 0 spiro atoms. The highest BCUT2D eigenvalue weighted by molar-refractivity contribution is 5.95. The van der Waals surface area contributed by atoms with E-state index in [-0.39, 0.29) is 11.3 Å². The Hall–Kier alpha value is -3.21. The van der Waals surface area contributed by atoms with Crippen LogP contribution in [0.4, 0.5) is 0 Å². The second-order valence-electron chi connectivity index (χ2n) is 8.34. The number of carbonyl (C=O) groups is 1. The van der Waals surface area contributed by atoms with Gasteiger partial charge in [0.2, 0.25) is 0 Å². The summed E-state index contributed by atoms with van der Waals surface area (Å²) in [6.45, 7) is 5.96. The fraction of sp³-hybridized carbons (Fsp3) is 0.346. The summed E-state index contributed by atoms with van der Waals surface area (Å²) in [5.41, 5.74) is 4.92. The van der Waals surface area contributed by atoms with Crippen molar-refractivity contribution >= 4 is 5.91 Å². The van der Waals surface area contributed by atoms with Crippen molar-refractivity contribution in [2.75, 3.05) is 13.1 Å². The van der Waals surface area contributed by atoms with Crippen LogP contribution in [0.2, 0.25) is 0 Å². The van der Waals surface area contributed by atoms with Crippen LogP contribution in [0, 0.1) is 13.8 Å². The van der Waals surface area contributed by atoms with Crippen molar-refractivity contribution in [2.45, 2.75) is 46.1 Å². The van der Waals surface area contributed by atoms with E-state index in [0.29, 0.717) is 18.5 Å². The lowest BCUT2D eigenvalue weighted by Gasteiger charge is -2.28. The quantitative estimate of drug-likeness (QED) is 0.630. The average Bonchev–Trinajstić information content (AvgIpc) is 2.79. The van der Waals surface area contributed by atoms with Gasteiger partial charge in [0.05, 0.1) is 12.2 Å². The number of aromatic nitrogens is 2. The van der Waals surface area contributed by atoms with Crippen LogP contribution in [0.25, 0.3) is 0 Å². The molecule has 1 aliphatic rings. The molecule has 1 amide bonds. The van der Waals surface area contributed by atoms with Crippen molar-refractivity contribution in [1.82, 2.24) is 14.5 Å². The summed E-state index contributed by atoms with van der Waals surface area (Å²) >= 11 is 0. The Morgan fingerprint density at radius 2 is 1.74 bits per heavy atom. The Kier molecular flexibility index (Phi) is 6.31. The smallest absolute Gasteiger partial charge is 0.259 e. The van der Waals surface area contributed by atoms with Crippen LogP contribution in [0.3, 0.4) is 0 Å². The van der Waals surface area contributed by atoms with Crippen molar-refractivity contribution in [3.8, 4) is 0 Å². The van der Waals surface area contributed by atoms with Gasteiger partial charge >= 0.3 is 0 Å². The highest BCUT2D eigenvalue weighted by Gasteiger charge is 2.26. The van der Waals surface area contributed by atoms with Gasteiger partial charge in [-0.15, -0.1) is 0 Å². The van der Waals surface area contributed by atoms with Crippen LogP contribution in [0.5, 0.6) is 0 Å².